The molecule has 0 heterocycles. The van der Waals surface area contributed by atoms with E-state index in [4.69, 9.17) is 14.2 Å². The van der Waals surface area contributed by atoms with Gasteiger partial charge in [-0.25, -0.2) is 0 Å². The highest BCUT2D eigenvalue weighted by Gasteiger charge is 2.19. The summed E-state index contributed by atoms with van der Waals surface area (Å²) in [6.07, 6.45) is 42.5. The first kappa shape index (κ1) is 54.4. The largest absolute Gasteiger partial charge is 0.462 e. The molecule has 6 nitrogen and oxygen atoms in total. The van der Waals surface area contributed by atoms with Gasteiger partial charge < -0.3 is 14.2 Å². The molecule has 0 aliphatic rings. The minimum Gasteiger partial charge on any atom is -0.462 e. The van der Waals surface area contributed by atoms with Crippen LogP contribution in [0.2, 0.25) is 0 Å². The Bertz CT molecular complexity index is 856. The molecule has 1 unspecified atom stereocenters. The predicted octanol–water partition coefficient (Wildman–Crippen LogP) is 15.8. The number of hydrogen-bond acceptors (Lipinski definition) is 6. The van der Waals surface area contributed by atoms with Gasteiger partial charge in [-0.2, -0.15) is 0 Å². The minimum absolute atomic E-state index is 0.0660. The maximum Gasteiger partial charge on any atom is 0.306 e. The minimum atomic E-state index is -0.762. The van der Waals surface area contributed by atoms with E-state index >= 15 is 0 Å². The highest BCUT2D eigenvalue weighted by atomic mass is 16.6. The molecule has 332 valence electrons. The van der Waals surface area contributed by atoms with E-state index in [1.807, 2.05) is 0 Å². The Morgan fingerprint density at radius 2 is 0.679 bits per heavy atom. The van der Waals surface area contributed by atoms with Crippen LogP contribution in [0, 0.1) is 11.8 Å². The summed E-state index contributed by atoms with van der Waals surface area (Å²) >= 11 is 0. The molecule has 56 heavy (non-hydrogen) atoms. The van der Waals surface area contributed by atoms with E-state index in [1.54, 1.807) is 0 Å². The first-order valence-electron chi connectivity index (χ1n) is 24.8. The van der Waals surface area contributed by atoms with Gasteiger partial charge in [0.1, 0.15) is 13.2 Å². The van der Waals surface area contributed by atoms with Crippen LogP contribution in [0.5, 0.6) is 0 Å². The molecule has 0 rings (SSSR count). The second-order valence-corrected chi connectivity index (χ2v) is 17.8. The van der Waals surface area contributed by atoms with E-state index in [0.717, 1.165) is 69.6 Å². The van der Waals surface area contributed by atoms with Crippen LogP contribution >= 0.6 is 0 Å². The van der Waals surface area contributed by atoms with Crippen molar-refractivity contribution in [2.24, 2.45) is 11.8 Å². The topological polar surface area (TPSA) is 78.9 Å². The van der Waals surface area contributed by atoms with Gasteiger partial charge in [0.25, 0.3) is 0 Å². The van der Waals surface area contributed by atoms with E-state index in [9.17, 15) is 14.4 Å². The zero-order valence-corrected chi connectivity index (χ0v) is 38.3. The smallest absolute Gasteiger partial charge is 0.306 e. The number of rotatable bonds is 44. The average Bonchev–Trinajstić information content (AvgIpc) is 3.18. The van der Waals surface area contributed by atoms with Crippen molar-refractivity contribution in [1.29, 1.82) is 0 Å². The van der Waals surface area contributed by atoms with Crippen LogP contribution in [0.1, 0.15) is 272 Å². The van der Waals surface area contributed by atoms with Gasteiger partial charge in [-0.05, 0) is 31.1 Å². The van der Waals surface area contributed by atoms with Gasteiger partial charge in [0.05, 0.1) is 0 Å². The molecule has 0 fully saturated rings. The fourth-order valence-electron chi connectivity index (χ4n) is 7.43. The summed E-state index contributed by atoms with van der Waals surface area (Å²) in [6, 6.07) is 0. The summed E-state index contributed by atoms with van der Waals surface area (Å²) in [5.74, 6) is 0.737. The van der Waals surface area contributed by atoms with Crippen LogP contribution < -0.4 is 0 Å². The second-order valence-electron chi connectivity index (χ2n) is 17.8. The Balaban J connectivity index is 4.27. The second kappa shape index (κ2) is 43.0. The van der Waals surface area contributed by atoms with Gasteiger partial charge >= 0.3 is 17.9 Å². The predicted molar refractivity (Wildman–Crippen MR) is 238 cm³/mol. The molecule has 0 saturated heterocycles. The van der Waals surface area contributed by atoms with E-state index in [-0.39, 0.29) is 31.1 Å². The van der Waals surface area contributed by atoms with Crippen molar-refractivity contribution in [3.05, 3.63) is 0 Å². The maximum atomic E-state index is 12.8. The number of carbonyl (C=O) groups is 3. The highest BCUT2D eigenvalue weighted by Crippen LogP contribution is 2.17. The standard InChI is InChI=1S/C50H96O6/c1-6-8-9-10-11-12-13-14-15-16-17-18-19-20-21-24-32-37-42-50(53)56-47(43-54-48(51)40-35-30-25-22-23-28-33-38-45(3)4)44-55-49(52)41-36-31-27-26-29-34-39-46(5)7-2/h45-47H,6-44H2,1-5H3/t46?,47-/m0/s1. The Hall–Kier alpha value is -1.59. The van der Waals surface area contributed by atoms with Gasteiger partial charge in [0.2, 0.25) is 0 Å². The van der Waals surface area contributed by atoms with Crippen LogP contribution in [0.15, 0.2) is 0 Å². The number of ether oxygens (including phenoxy) is 3. The lowest BCUT2D eigenvalue weighted by molar-refractivity contribution is -0.167. The van der Waals surface area contributed by atoms with Gasteiger partial charge in [0.15, 0.2) is 6.10 Å². The highest BCUT2D eigenvalue weighted by molar-refractivity contribution is 5.71. The molecule has 0 amide bonds. The molecule has 0 aromatic rings. The van der Waals surface area contributed by atoms with Gasteiger partial charge in [0, 0.05) is 19.3 Å². The Labute approximate surface area is 348 Å². The quantitative estimate of drug-likeness (QED) is 0.0347. The molecule has 0 aliphatic carbocycles. The van der Waals surface area contributed by atoms with E-state index in [0.29, 0.717) is 19.3 Å². The zero-order chi connectivity index (χ0) is 41.2. The summed E-state index contributed by atoms with van der Waals surface area (Å²) in [7, 11) is 0. The number of esters is 3. The van der Waals surface area contributed by atoms with Crippen LogP contribution in [-0.2, 0) is 28.6 Å². The molecule has 0 spiro atoms. The molecule has 0 N–H and O–H groups in total. The molecular formula is C50H96O6. The van der Waals surface area contributed by atoms with E-state index < -0.39 is 6.10 Å². The van der Waals surface area contributed by atoms with Crippen molar-refractivity contribution in [3.8, 4) is 0 Å². The molecule has 0 aromatic heterocycles. The van der Waals surface area contributed by atoms with Crippen molar-refractivity contribution in [2.75, 3.05) is 13.2 Å². The van der Waals surface area contributed by atoms with E-state index in [1.165, 1.54) is 161 Å². The Kier molecular flexibility index (Phi) is 41.8. The van der Waals surface area contributed by atoms with Gasteiger partial charge in [-0.3, -0.25) is 14.4 Å². The molecule has 0 bridgehead atoms. The van der Waals surface area contributed by atoms with Crippen LogP contribution in [0.25, 0.3) is 0 Å². The van der Waals surface area contributed by atoms with Crippen molar-refractivity contribution in [1.82, 2.24) is 0 Å². The normalized spacial score (nSPS) is 12.5. The third-order valence-electron chi connectivity index (χ3n) is 11.6. The fraction of sp³-hybridized carbons (Fsp3) is 0.940. The molecule has 2 atom stereocenters. The van der Waals surface area contributed by atoms with Crippen LogP contribution in [0.3, 0.4) is 0 Å². The van der Waals surface area contributed by atoms with Crippen molar-refractivity contribution in [2.45, 2.75) is 278 Å². The molecule has 0 saturated carbocycles. The number of carbonyl (C=O) groups excluding carboxylic acids is 3. The maximum absolute atomic E-state index is 12.8. The third kappa shape index (κ3) is 42.0. The first-order chi connectivity index (χ1) is 27.3. The lowest BCUT2D eigenvalue weighted by Crippen LogP contribution is -2.30. The van der Waals surface area contributed by atoms with Gasteiger partial charge in [-0.1, -0.05) is 234 Å². The molecule has 6 heteroatoms. The first-order valence-corrected chi connectivity index (χ1v) is 24.8. The van der Waals surface area contributed by atoms with Crippen LogP contribution in [0.4, 0.5) is 0 Å². The van der Waals surface area contributed by atoms with Gasteiger partial charge in [-0.15, -0.1) is 0 Å². The monoisotopic (exact) mass is 793 g/mol. The van der Waals surface area contributed by atoms with Crippen molar-refractivity contribution >= 4 is 17.9 Å². The number of hydrogen-bond donors (Lipinski definition) is 0. The van der Waals surface area contributed by atoms with Crippen molar-refractivity contribution < 1.29 is 28.6 Å². The summed E-state index contributed by atoms with van der Waals surface area (Å²) < 4.78 is 16.7. The fourth-order valence-corrected chi connectivity index (χ4v) is 7.43. The molecule has 0 aromatic carbocycles. The summed E-state index contributed by atoms with van der Waals surface area (Å²) in [4.78, 5) is 37.8. The lowest BCUT2D eigenvalue weighted by atomic mass is 10.00. The summed E-state index contributed by atoms with van der Waals surface area (Å²) in [6.45, 7) is 11.3. The summed E-state index contributed by atoms with van der Waals surface area (Å²) in [5.41, 5.74) is 0. The average molecular weight is 793 g/mol. The molecule has 0 aliphatic heterocycles. The number of unbranched alkanes of at least 4 members (excludes halogenated alkanes) is 28. The molecular weight excluding hydrogens is 697 g/mol. The van der Waals surface area contributed by atoms with E-state index in [2.05, 4.69) is 34.6 Å². The summed E-state index contributed by atoms with van der Waals surface area (Å²) in [5, 5.41) is 0. The van der Waals surface area contributed by atoms with Crippen LogP contribution in [-0.4, -0.2) is 37.2 Å². The van der Waals surface area contributed by atoms with Crippen molar-refractivity contribution in [3.63, 3.8) is 0 Å². The Morgan fingerprint density at radius 1 is 0.375 bits per heavy atom. The zero-order valence-electron chi connectivity index (χ0n) is 38.3. The lowest BCUT2D eigenvalue weighted by Gasteiger charge is -2.18. The Morgan fingerprint density at radius 3 is 1.02 bits per heavy atom. The SMILES string of the molecule is CCCCCCCCCCCCCCCCCCCCC(=O)O[C@@H](COC(=O)CCCCCCCCCC(C)C)COC(=O)CCCCCCCCC(C)CC. The molecule has 0 radical (unpaired) electrons. The third-order valence-corrected chi connectivity index (χ3v) is 11.6.